The number of nitrogens with one attached hydrogen (secondary N) is 1. The van der Waals surface area contributed by atoms with Crippen molar-refractivity contribution in [2.24, 2.45) is 0 Å². The first-order valence-corrected chi connectivity index (χ1v) is 11.1. The summed E-state index contributed by atoms with van der Waals surface area (Å²) >= 11 is 0. The Morgan fingerprint density at radius 3 is 2.54 bits per heavy atom. The Kier molecular flexibility index (Phi) is 7.40. The summed E-state index contributed by atoms with van der Waals surface area (Å²) in [4.78, 5) is 30.8. The van der Waals surface area contributed by atoms with E-state index in [9.17, 15) is 28.1 Å². The van der Waals surface area contributed by atoms with Gasteiger partial charge in [0.15, 0.2) is 0 Å². The number of hydrogen-bond acceptors (Lipinski definition) is 8. The summed E-state index contributed by atoms with van der Waals surface area (Å²) in [5, 5.41) is 13.7. The van der Waals surface area contributed by atoms with E-state index in [4.69, 9.17) is 4.74 Å². The molecule has 1 aromatic carbocycles. The van der Waals surface area contributed by atoms with Crippen LogP contribution in [0.5, 0.6) is 11.8 Å². The zero-order valence-electron chi connectivity index (χ0n) is 18.7. The van der Waals surface area contributed by atoms with Crippen LogP contribution in [-0.2, 0) is 17.9 Å². The molecule has 1 amide bonds. The minimum Gasteiger partial charge on any atom is -0.444 e. The molecule has 0 bridgehead atoms. The first-order chi connectivity index (χ1) is 16.6. The summed E-state index contributed by atoms with van der Waals surface area (Å²) in [5.41, 5.74) is 0.897. The zero-order chi connectivity index (χ0) is 25.0. The van der Waals surface area contributed by atoms with Crippen molar-refractivity contribution >= 4 is 11.7 Å². The molecular weight excluding hydrogens is 473 g/mol. The molecule has 0 saturated carbocycles. The monoisotopic (exact) mass is 498 g/mol. The Hall–Kier alpha value is -3.39. The number of halogens is 3. The number of carbonyl (C=O) groups excluding carboxylic acids is 1. The molecule has 1 N–H and O–H groups in total. The maximum absolute atomic E-state index is 12.4. The van der Waals surface area contributed by atoms with Crippen molar-refractivity contribution in [1.29, 1.82) is 0 Å². The number of piperazine rings is 1. The number of ether oxygens (including phenoxy) is 2. The van der Waals surface area contributed by atoms with Gasteiger partial charge >= 0.3 is 18.2 Å². The van der Waals surface area contributed by atoms with Crippen molar-refractivity contribution in [2.75, 3.05) is 39.3 Å². The van der Waals surface area contributed by atoms with Gasteiger partial charge in [0, 0.05) is 50.7 Å². The highest BCUT2D eigenvalue weighted by Gasteiger charge is 2.31. The van der Waals surface area contributed by atoms with Gasteiger partial charge in [-0.25, -0.2) is 0 Å². The van der Waals surface area contributed by atoms with E-state index in [1.165, 1.54) is 22.9 Å². The molecule has 2 aromatic rings. The van der Waals surface area contributed by atoms with Crippen LogP contribution in [-0.4, -0.2) is 81.9 Å². The molecule has 4 rings (SSSR count). The van der Waals surface area contributed by atoms with Crippen molar-refractivity contribution in [3.8, 4) is 11.8 Å². The molecule has 1 fully saturated rings. The number of aromatic nitrogens is 2. The summed E-state index contributed by atoms with van der Waals surface area (Å²) in [6, 6.07) is 5.74. The van der Waals surface area contributed by atoms with Crippen LogP contribution < -0.4 is 14.8 Å². The molecule has 2 aliphatic rings. The molecule has 190 valence electrons. The fourth-order valence-corrected chi connectivity index (χ4v) is 4.06. The largest absolute Gasteiger partial charge is 0.573 e. The van der Waals surface area contributed by atoms with Crippen LogP contribution in [0.2, 0.25) is 0 Å². The van der Waals surface area contributed by atoms with Gasteiger partial charge in [0.05, 0.1) is 12.6 Å². The van der Waals surface area contributed by atoms with Crippen LogP contribution in [0.4, 0.5) is 19.0 Å². The van der Waals surface area contributed by atoms with Crippen LogP contribution in [0, 0.1) is 10.1 Å². The van der Waals surface area contributed by atoms with Crippen molar-refractivity contribution < 1.29 is 32.4 Å². The van der Waals surface area contributed by atoms with Crippen LogP contribution in [0.1, 0.15) is 12.0 Å². The number of nitrogens with zero attached hydrogens (tertiary/aromatic N) is 5. The Bertz CT molecular complexity index is 1040. The number of benzene rings is 1. The molecular formula is C21H25F3N6O5. The van der Waals surface area contributed by atoms with Crippen molar-refractivity contribution in [1.82, 2.24) is 24.7 Å². The SMILES string of the molecule is O=C(CCN1CCN(Cc2ccc(OC(F)(F)F)cc2)CC1)NC1COc2nc([N+](=O)[O-])cn2C1. The van der Waals surface area contributed by atoms with Gasteiger partial charge in [-0.05, 0) is 22.6 Å². The highest BCUT2D eigenvalue weighted by molar-refractivity contribution is 5.76. The molecule has 0 spiro atoms. The average molecular weight is 498 g/mol. The Morgan fingerprint density at radius 1 is 1.20 bits per heavy atom. The number of nitro groups is 1. The smallest absolute Gasteiger partial charge is 0.444 e. The maximum Gasteiger partial charge on any atom is 0.573 e. The van der Waals surface area contributed by atoms with E-state index in [1.807, 2.05) is 0 Å². The Labute approximate surface area is 198 Å². The van der Waals surface area contributed by atoms with E-state index in [0.717, 1.165) is 31.7 Å². The number of amides is 1. The van der Waals surface area contributed by atoms with Crippen LogP contribution in [0.25, 0.3) is 0 Å². The fraction of sp³-hybridized carbons (Fsp3) is 0.524. The van der Waals surface area contributed by atoms with E-state index in [0.29, 0.717) is 26.1 Å². The van der Waals surface area contributed by atoms with E-state index >= 15 is 0 Å². The number of rotatable bonds is 8. The van der Waals surface area contributed by atoms with Gasteiger partial charge in [0.1, 0.15) is 18.6 Å². The first kappa shape index (κ1) is 24.7. The van der Waals surface area contributed by atoms with Gasteiger partial charge in [-0.2, -0.15) is 0 Å². The van der Waals surface area contributed by atoms with Crippen molar-refractivity contribution in [3.63, 3.8) is 0 Å². The molecule has 0 aliphatic carbocycles. The maximum atomic E-state index is 12.4. The molecule has 1 unspecified atom stereocenters. The van der Waals surface area contributed by atoms with E-state index in [-0.39, 0.29) is 36.1 Å². The first-order valence-electron chi connectivity index (χ1n) is 11.1. The lowest BCUT2D eigenvalue weighted by molar-refractivity contribution is -0.389. The van der Waals surface area contributed by atoms with Gasteiger partial charge in [0.25, 0.3) is 0 Å². The molecule has 2 aliphatic heterocycles. The predicted molar refractivity (Wildman–Crippen MR) is 116 cm³/mol. The van der Waals surface area contributed by atoms with Gasteiger partial charge in [-0.15, -0.1) is 13.2 Å². The summed E-state index contributed by atoms with van der Waals surface area (Å²) < 4.78 is 47.6. The summed E-state index contributed by atoms with van der Waals surface area (Å²) in [6.45, 7) is 4.87. The average Bonchev–Trinajstić information content (AvgIpc) is 3.23. The van der Waals surface area contributed by atoms with E-state index in [1.54, 1.807) is 12.1 Å². The third-order valence-corrected chi connectivity index (χ3v) is 5.79. The van der Waals surface area contributed by atoms with Crippen LogP contribution >= 0.6 is 0 Å². The third-order valence-electron chi connectivity index (χ3n) is 5.79. The number of carbonyl (C=O) groups is 1. The standard InChI is InChI=1S/C21H25F3N6O5/c22-21(23,24)35-17-3-1-15(2-4-17)11-28-9-7-27(8-10-28)6-5-19(31)25-16-12-29-13-18(30(32)33)26-20(29)34-14-16/h1-4,13,16H,5-12,14H2,(H,25,31). The van der Waals surface area contributed by atoms with Gasteiger partial charge < -0.3 is 29.8 Å². The third kappa shape index (κ3) is 7.05. The lowest BCUT2D eigenvalue weighted by atomic mass is 10.2. The second-order valence-corrected chi connectivity index (χ2v) is 8.43. The molecule has 35 heavy (non-hydrogen) atoms. The lowest BCUT2D eigenvalue weighted by Crippen LogP contribution is -2.48. The van der Waals surface area contributed by atoms with Gasteiger partial charge in [0.2, 0.25) is 5.91 Å². The number of fused-ring (bicyclic) bond motifs is 1. The lowest BCUT2D eigenvalue weighted by Gasteiger charge is -2.34. The van der Waals surface area contributed by atoms with Crippen molar-refractivity contribution in [3.05, 3.63) is 46.1 Å². The van der Waals surface area contributed by atoms with Gasteiger partial charge in [-0.3, -0.25) is 14.3 Å². The highest BCUT2D eigenvalue weighted by Crippen LogP contribution is 2.23. The minimum absolute atomic E-state index is 0.125. The molecule has 1 atom stereocenters. The second-order valence-electron chi connectivity index (χ2n) is 8.43. The number of hydrogen-bond donors (Lipinski definition) is 1. The number of imidazole rings is 1. The van der Waals surface area contributed by atoms with Crippen LogP contribution in [0.15, 0.2) is 30.5 Å². The topological polar surface area (TPSA) is 115 Å². The van der Waals surface area contributed by atoms with Crippen molar-refractivity contribution in [2.45, 2.75) is 31.9 Å². The molecule has 11 nitrogen and oxygen atoms in total. The molecule has 3 heterocycles. The Balaban J connectivity index is 1.14. The zero-order valence-corrected chi connectivity index (χ0v) is 18.7. The predicted octanol–water partition coefficient (Wildman–Crippen LogP) is 1.77. The summed E-state index contributed by atoms with van der Waals surface area (Å²) in [5.74, 6) is -0.658. The normalized spacial score (nSPS) is 19.0. The molecule has 1 saturated heterocycles. The second kappa shape index (κ2) is 10.5. The van der Waals surface area contributed by atoms with E-state index < -0.39 is 11.3 Å². The summed E-state index contributed by atoms with van der Waals surface area (Å²) in [6.07, 6.45) is -3.10. The number of alkyl halides is 3. The fourth-order valence-electron chi connectivity index (χ4n) is 4.06. The minimum atomic E-state index is -4.70. The Morgan fingerprint density at radius 2 is 1.89 bits per heavy atom. The molecule has 0 radical (unpaired) electrons. The quantitative estimate of drug-likeness (QED) is 0.433. The van der Waals surface area contributed by atoms with Crippen LogP contribution in [0.3, 0.4) is 0 Å². The van der Waals surface area contributed by atoms with E-state index in [2.05, 4.69) is 24.8 Å². The summed E-state index contributed by atoms with van der Waals surface area (Å²) in [7, 11) is 0. The highest BCUT2D eigenvalue weighted by atomic mass is 19.4. The molecule has 1 aromatic heterocycles. The van der Waals surface area contributed by atoms with Gasteiger partial charge in [-0.1, -0.05) is 12.1 Å². The molecule has 14 heteroatoms.